The predicted molar refractivity (Wildman–Crippen MR) is 34.2 cm³/mol. The zero-order valence-corrected chi connectivity index (χ0v) is 5.69. The maximum absolute atomic E-state index is 12.7. The lowest BCUT2D eigenvalue weighted by molar-refractivity contribution is -0.119. The second-order valence-electron chi connectivity index (χ2n) is 2.21. The van der Waals surface area contributed by atoms with Crippen LogP contribution in [-0.4, -0.2) is 32.8 Å². The third-order valence-corrected chi connectivity index (χ3v) is 1.47. The minimum absolute atomic E-state index is 0.0427. The molecule has 7 heteroatoms. The molecule has 1 atom stereocenters. The molecule has 0 fully saturated rings. The molecule has 1 N–H and O–H groups in total. The fraction of sp³-hybridized carbons (Fsp3) is 0.200. The average molecular weight is 170 g/mol. The first-order valence-electron chi connectivity index (χ1n) is 3.09. The summed E-state index contributed by atoms with van der Waals surface area (Å²) in [7, 11) is 0. The van der Waals surface area contributed by atoms with Crippen LogP contribution in [0.5, 0.6) is 0 Å². The molecule has 1 unspecified atom stereocenters. The van der Waals surface area contributed by atoms with Crippen LogP contribution in [-0.2, 0) is 4.79 Å². The van der Waals surface area contributed by atoms with Crippen LogP contribution < -0.4 is 5.32 Å². The smallest absolute Gasteiger partial charge is 0.279 e. The Morgan fingerprint density at radius 2 is 2.33 bits per heavy atom. The molecule has 0 bridgehead atoms. The molecule has 62 valence electrons. The van der Waals surface area contributed by atoms with Gasteiger partial charge in [-0.05, 0) is 0 Å². The van der Waals surface area contributed by atoms with Gasteiger partial charge in [-0.2, -0.15) is 0 Å². The van der Waals surface area contributed by atoms with E-state index < -0.39 is 18.0 Å². The normalized spacial score (nSPS) is 21.9. The zero-order valence-electron chi connectivity index (χ0n) is 5.69. The first-order valence-corrected chi connectivity index (χ1v) is 3.09. The van der Waals surface area contributed by atoms with Gasteiger partial charge in [0.15, 0.2) is 0 Å². The Hall–Kier alpha value is -1.79. The van der Waals surface area contributed by atoms with E-state index in [0.717, 1.165) is 10.9 Å². The second-order valence-corrected chi connectivity index (χ2v) is 2.21. The molecule has 6 nitrogen and oxygen atoms in total. The molecule has 0 saturated carbocycles. The second kappa shape index (κ2) is 2.10. The molecule has 0 radical (unpaired) electrons. The standard InChI is InChI=1S/C5H3FN4O2/c6-2-3(11)8-5-9-7-1-10(5)4(2)12/h1-2H,(H,8,9,11). The van der Waals surface area contributed by atoms with Crippen molar-refractivity contribution in [1.29, 1.82) is 0 Å². The highest BCUT2D eigenvalue weighted by atomic mass is 19.1. The van der Waals surface area contributed by atoms with E-state index in [1.807, 2.05) is 0 Å². The molecule has 0 spiro atoms. The van der Waals surface area contributed by atoms with Crippen molar-refractivity contribution in [1.82, 2.24) is 14.8 Å². The molecule has 2 rings (SSSR count). The summed E-state index contributed by atoms with van der Waals surface area (Å²) in [6.45, 7) is 0. The summed E-state index contributed by atoms with van der Waals surface area (Å²) in [5.41, 5.74) is 0. The summed E-state index contributed by atoms with van der Waals surface area (Å²) in [6, 6.07) is 0. The van der Waals surface area contributed by atoms with Gasteiger partial charge in [-0.1, -0.05) is 0 Å². The molecule has 0 saturated heterocycles. The summed E-state index contributed by atoms with van der Waals surface area (Å²) in [6.07, 6.45) is -1.11. The van der Waals surface area contributed by atoms with Crippen molar-refractivity contribution < 1.29 is 14.0 Å². The largest absolute Gasteiger partial charge is 0.291 e. The van der Waals surface area contributed by atoms with Crippen LogP contribution in [0.25, 0.3) is 0 Å². The lowest BCUT2D eigenvalue weighted by atomic mass is 10.3. The molecule has 1 aliphatic heterocycles. The van der Waals surface area contributed by atoms with Crippen LogP contribution in [0.2, 0.25) is 0 Å². The van der Waals surface area contributed by atoms with Gasteiger partial charge in [0.2, 0.25) is 5.95 Å². The van der Waals surface area contributed by atoms with Crippen molar-refractivity contribution in [3.8, 4) is 0 Å². The van der Waals surface area contributed by atoms with Gasteiger partial charge in [-0.25, -0.2) is 8.96 Å². The number of nitrogens with zero attached hydrogens (tertiary/aromatic N) is 3. The number of fused-ring (bicyclic) bond motifs is 1. The summed E-state index contributed by atoms with van der Waals surface area (Å²) in [4.78, 5) is 21.6. The van der Waals surface area contributed by atoms with Crippen LogP contribution in [0.4, 0.5) is 10.3 Å². The van der Waals surface area contributed by atoms with Gasteiger partial charge in [0.05, 0.1) is 0 Å². The van der Waals surface area contributed by atoms with Crippen LogP contribution in [0, 0.1) is 0 Å². The van der Waals surface area contributed by atoms with E-state index in [2.05, 4.69) is 15.5 Å². The maximum atomic E-state index is 12.7. The highest BCUT2D eigenvalue weighted by molar-refractivity contribution is 6.13. The van der Waals surface area contributed by atoms with Crippen LogP contribution in [0.3, 0.4) is 0 Å². The van der Waals surface area contributed by atoms with Crippen LogP contribution in [0.1, 0.15) is 4.79 Å². The molecule has 1 aromatic heterocycles. The van der Waals surface area contributed by atoms with Gasteiger partial charge in [-0.3, -0.25) is 14.9 Å². The van der Waals surface area contributed by atoms with Gasteiger partial charge in [0, 0.05) is 0 Å². The van der Waals surface area contributed by atoms with Gasteiger partial charge in [0.25, 0.3) is 18.0 Å². The number of hydrogen-bond donors (Lipinski definition) is 1. The highest BCUT2D eigenvalue weighted by Gasteiger charge is 2.34. The molecular weight excluding hydrogens is 167 g/mol. The topological polar surface area (TPSA) is 76.9 Å². The van der Waals surface area contributed by atoms with E-state index in [-0.39, 0.29) is 5.95 Å². The monoisotopic (exact) mass is 170 g/mol. The van der Waals surface area contributed by atoms with Crippen LogP contribution in [0.15, 0.2) is 6.33 Å². The predicted octanol–water partition coefficient (Wildman–Crippen LogP) is -0.792. The third-order valence-electron chi connectivity index (χ3n) is 1.47. The van der Waals surface area contributed by atoms with Crippen molar-refractivity contribution in [3.05, 3.63) is 6.33 Å². The van der Waals surface area contributed by atoms with E-state index in [4.69, 9.17) is 0 Å². The van der Waals surface area contributed by atoms with Gasteiger partial charge >= 0.3 is 0 Å². The molecule has 12 heavy (non-hydrogen) atoms. The van der Waals surface area contributed by atoms with Crippen molar-refractivity contribution in [2.45, 2.75) is 6.17 Å². The first kappa shape index (κ1) is 6.89. The fourth-order valence-electron chi connectivity index (χ4n) is 0.889. The van der Waals surface area contributed by atoms with Gasteiger partial charge in [-0.15, -0.1) is 10.2 Å². The molecular formula is C5H3FN4O2. The van der Waals surface area contributed by atoms with E-state index in [9.17, 15) is 14.0 Å². The first-order chi connectivity index (χ1) is 5.70. The molecule has 1 aliphatic rings. The number of anilines is 1. The molecule has 1 amide bonds. The molecule has 0 aliphatic carbocycles. The maximum Gasteiger partial charge on any atom is 0.279 e. The SMILES string of the molecule is O=C1Nc2nncn2C(=O)C1F. The van der Waals surface area contributed by atoms with Gasteiger partial charge in [0.1, 0.15) is 6.33 Å². The summed E-state index contributed by atoms with van der Waals surface area (Å²) in [5.74, 6) is -2.00. The number of hydrogen-bond acceptors (Lipinski definition) is 4. The summed E-state index contributed by atoms with van der Waals surface area (Å²) < 4.78 is 13.5. The Bertz CT molecular complexity index is 360. The number of nitrogens with one attached hydrogen (secondary N) is 1. The van der Waals surface area contributed by atoms with Gasteiger partial charge < -0.3 is 0 Å². The van der Waals surface area contributed by atoms with Crippen molar-refractivity contribution >= 4 is 17.8 Å². The van der Waals surface area contributed by atoms with Crippen molar-refractivity contribution in [3.63, 3.8) is 0 Å². The van der Waals surface area contributed by atoms with E-state index >= 15 is 0 Å². The Morgan fingerprint density at radius 3 is 3.08 bits per heavy atom. The Morgan fingerprint density at radius 1 is 1.58 bits per heavy atom. The number of aromatic nitrogens is 3. The van der Waals surface area contributed by atoms with Crippen molar-refractivity contribution in [2.24, 2.45) is 0 Å². The Balaban J connectivity index is 2.53. The number of rotatable bonds is 0. The summed E-state index contributed by atoms with van der Waals surface area (Å²) >= 11 is 0. The lowest BCUT2D eigenvalue weighted by Crippen LogP contribution is -2.40. The molecule has 2 heterocycles. The Labute approximate surface area is 65.4 Å². The third kappa shape index (κ3) is 0.728. The number of carbonyl (C=O) groups is 2. The number of amides is 1. The summed E-state index contributed by atoms with van der Waals surface area (Å²) in [5, 5.41) is 8.79. The minimum atomic E-state index is -2.16. The number of carbonyl (C=O) groups excluding carboxylic acids is 2. The van der Waals surface area contributed by atoms with Crippen molar-refractivity contribution in [2.75, 3.05) is 5.32 Å². The number of halogens is 1. The minimum Gasteiger partial charge on any atom is -0.291 e. The van der Waals surface area contributed by atoms with E-state index in [1.165, 1.54) is 0 Å². The zero-order chi connectivity index (χ0) is 8.72. The van der Waals surface area contributed by atoms with E-state index in [1.54, 1.807) is 0 Å². The average Bonchev–Trinajstić information content (AvgIpc) is 2.48. The number of alkyl halides is 1. The Kier molecular flexibility index (Phi) is 1.20. The fourth-order valence-corrected chi connectivity index (χ4v) is 0.889. The molecule has 1 aromatic rings. The highest BCUT2D eigenvalue weighted by Crippen LogP contribution is 2.12. The lowest BCUT2D eigenvalue weighted by Gasteiger charge is -2.14. The quantitative estimate of drug-likeness (QED) is 0.517. The van der Waals surface area contributed by atoms with Crippen LogP contribution >= 0.6 is 0 Å². The molecule has 0 aromatic carbocycles. The van der Waals surface area contributed by atoms with E-state index in [0.29, 0.717) is 0 Å².